The summed E-state index contributed by atoms with van der Waals surface area (Å²) in [5.41, 5.74) is 0. The Morgan fingerprint density at radius 3 is 2.67 bits per heavy atom. The van der Waals surface area contributed by atoms with Crippen molar-refractivity contribution in [3.63, 3.8) is 0 Å². The highest BCUT2D eigenvalue weighted by molar-refractivity contribution is 7.89. The number of nitrogens with zero attached hydrogens (tertiary/aromatic N) is 1. The maximum Gasteiger partial charge on any atom is 0.412 e. The zero-order valence-electron chi connectivity index (χ0n) is 16.7. The first-order valence-corrected chi connectivity index (χ1v) is 11.2. The van der Waals surface area contributed by atoms with Crippen molar-refractivity contribution >= 4 is 27.7 Å². The quantitative estimate of drug-likeness (QED) is 0.668. The minimum Gasteiger partial charge on any atom is -0.495 e. The van der Waals surface area contributed by atoms with Gasteiger partial charge in [-0.05, 0) is 43.8 Å². The maximum atomic E-state index is 12.8. The average molecular weight is 454 g/mol. The molecule has 1 heterocycles. The van der Waals surface area contributed by atoms with E-state index in [1.54, 1.807) is 30.3 Å². The zero-order chi connectivity index (χ0) is 21.7. The Bertz CT molecular complexity index is 987. The van der Waals surface area contributed by atoms with Crippen LogP contribution in [0.2, 0.25) is 5.02 Å². The Balaban J connectivity index is 1.57. The van der Waals surface area contributed by atoms with Crippen LogP contribution in [-0.2, 0) is 10.0 Å². The number of methoxy groups -OCH3 is 1. The number of hydrogen-bond donors (Lipinski definition) is 2. The molecule has 0 radical (unpaired) electrons. The predicted octanol–water partition coefficient (Wildman–Crippen LogP) is 2.49. The van der Waals surface area contributed by atoms with E-state index in [2.05, 4.69) is 10.0 Å². The second-order valence-corrected chi connectivity index (χ2v) is 9.14. The second-order valence-electron chi connectivity index (χ2n) is 7.03. The van der Waals surface area contributed by atoms with Gasteiger partial charge in [0, 0.05) is 30.2 Å². The molecule has 1 fully saturated rings. The van der Waals surface area contributed by atoms with Gasteiger partial charge in [-0.15, -0.1) is 0 Å². The summed E-state index contributed by atoms with van der Waals surface area (Å²) in [6.07, 6.45) is -0.0215. The number of likely N-dealkylation sites (tertiary alicyclic amines) is 1. The van der Waals surface area contributed by atoms with Crippen LogP contribution in [0.1, 0.15) is 6.42 Å². The van der Waals surface area contributed by atoms with Crippen LogP contribution in [0.4, 0.5) is 4.79 Å². The molecule has 0 bridgehead atoms. The van der Waals surface area contributed by atoms with Crippen LogP contribution in [-0.4, -0.2) is 58.7 Å². The van der Waals surface area contributed by atoms with Gasteiger partial charge in [-0.3, -0.25) is 0 Å². The first kappa shape index (κ1) is 22.4. The van der Waals surface area contributed by atoms with Crippen LogP contribution in [0.5, 0.6) is 11.5 Å². The van der Waals surface area contributed by atoms with Crippen LogP contribution in [0.25, 0.3) is 0 Å². The lowest BCUT2D eigenvalue weighted by Gasteiger charge is -2.19. The molecular formula is C20H24ClN3O5S. The summed E-state index contributed by atoms with van der Waals surface area (Å²) in [6, 6.07) is 12.9. The highest BCUT2D eigenvalue weighted by Crippen LogP contribution is 2.28. The first-order chi connectivity index (χ1) is 14.3. The maximum absolute atomic E-state index is 12.8. The Morgan fingerprint density at radius 2 is 1.97 bits per heavy atom. The number of benzene rings is 2. The summed E-state index contributed by atoms with van der Waals surface area (Å²) in [5.74, 6) is 0.677. The van der Waals surface area contributed by atoms with Crippen molar-refractivity contribution in [1.82, 2.24) is 14.9 Å². The van der Waals surface area contributed by atoms with Crippen LogP contribution in [0.3, 0.4) is 0 Å². The molecule has 2 aromatic rings. The van der Waals surface area contributed by atoms with Gasteiger partial charge in [-0.1, -0.05) is 29.8 Å². The topological polar surface area (TPSA) is 97.0 Å². The van der Waals surface area contributed by atoms with E-state index >= 15 is 0 Å². The van der Waals surface area contributed by atoms with Gasteiger partial charge in [0.05, 0.1) is 7.11 Å². The van der Waals surface area contributed by atoms with Gasteiger partial charge in [-0.25, -0.2) is 17.9 Å². The summed E-state index contributed by atoms with van der Waals surface area (Å²) >= 11 is 5.96. The summed E-state index contributed by atoms with van der Waals surface area (Å²) in [7, 11) is -0.543. The number of para-hydroxylation sites is 1. The monoisotopic (exact) mass is 453 g/mol. The van der Waals surface area contributed by atoms with E-state index in [0.29, 0.717) is 30.3 Å². The number of carbonyl (C=O) groups excluding carboxylic acids is 1. The Kier molecular flexibility index (Phi) is 7.19. The van der Waals surface area contributed by atoms with Crippen molar-refractivity contribution in [2.75, 3.05) is 27.2 Å². The van der Waals surface area contributed by atoms with Gasteiger partial charge in [0.25, 0.3) is 0 Å². The van der Waals surface area contributed by atoms with Gasteiger partial charge < -0.3 is 19.7 Å². The summed E-state index contributed by atoms with van der Waals surface area (Å²) in [5, 5.41) is 3.03. The number of ether oxygens (including phenoxy) is 2. The van der Waals surface area contributed by atoms with Crippen LogP contribution in [0, 0.1) is 0 Å². The lowest BCUT2D eigenvalue weighted by molar-refractivity contribution is 0.195. The molecule has 10 heteroatoms. The highest BCUT2D eigenvalue weighted by Gasteiger charge is 2.33. The van der Waals surface area contributed by atoms with E-state index in [-0.39, 0.29) is 22.7 Å². The second kappa shape index (κ2) is 9.65. The Labute approximate surface area is 181 Å². The molecule has 30 heavy (non-hydrogen) atoms. The van der Waals surface area contributed by atoms with Crippen molar-refractivity contribution in [3.8, 4) is 11.5 Å². The van der Waals surface area contributed by atoms with Gasteiger partial charge in [0.2, 0.25) is 10.0 Å². The van der Waals surface area contributed by atoms with Gasteiger partial charge >= 0.3 is 6.09 Å². The van der Waals surface area contributed by atoms with Crippen molar-refractivity contribution < 1.29 is 22.7 Å². The molecule has 0 unspecified atom stereocenters. The van der Waals surface area contributed by atoms with Crippen LogP contribution < -0.4 is 19.5 Å². The average Bonchev–Trinajstić information content (AvgIpc) is 3.05. The fourth-order valence-corrected chi connectivity index (χ4v) is 5.05. The SMILES string of the molecule is COc1ccc(Cl)cc1S(=O)(=O)N[C@@H]1C[C@H](CNC(=O)Oc2ccccc2)N(C)C1. The summed E-state index contributed by atoms with van der Waals surface area (Å²) in [6.45, 7) is 0.836. The van der Waals surface area contributed by atoms with E-state index < -0.39 is 16.1 Å². The number of nitrogens with one attached hydrogen (secondary N) is 2. The number of likely N-dealkylation sites (N-methyl/N-ethyl adjacent to an activating group) is 1. The van der Waals surface area contributed by atoms with Crippen molar-refractivity contribution in [3.05, 3.63) is 53.6 Å². The molecule has 2 N–H and O–H groups in total. The smallest absolute Gasteiger partial charge is 0.412 e. The van der Waals surface area contributed by atoms with E-state index in [1.807, 2.05) is 18.0 Å². The van der Waals surface area contributed by atoms with E-state index in [0.717, 1.165) is 0 Å². The molecule has 1 aliphatic heterocycles. The van der Waals surface area contributed by atoms with E-state index in [9.17, 15) is 13.2 Å². The minimum atomic E-state index is -3.83. The molecule has 1 saturated heterocycles. The molecule has 8 nitrogen and oxygen atoms in total. The molecule has 2 aromatic carbocycles. The van der Waals surface area contributed by atoms with E-state index in [1.165, 1.54) is 19.2 Å². The largest absolute Gasteiger partial charge is 0.495 e. The normalized spacial score (nSPS) is 19.4. The highest BCUT2D eigenvalue weighted by atomic mass is 35.5. The fraction of sp³-hybridized carbons (Fsp3) is 0.350. The molecule has 0 aliphatic carbocycles. The standard InChI is InChI=1S/C20H24ClN3O5S/c1-24-13-15(23-30(26,27)19-10-14(21)8-9-18(19)28-2)11-16(24)12-22-20(25)29-17-6-4-3-5-7-17/h3-10,15-16,23H,11-13H2,1-2H3,(H,22,25)/t15-,16-/m1/s1. The molecule has 1 aliphatic rings. The van der Waals surface area contributed by atoms with E-state index in [4.69, 9.17) is 21.1 Å². The van der Waals surface area contributed by atoms with Gasteiger partial charge in [0.1, 0.15) is 16.4 Å². The number of amides is 1. The minimum absolute atomic E-state index is 0.00633. The van der Waals surface area contributed by atoms with Gasteiger partial charge in [-0.2, -0.15) is 0 Å². The number of rotatable bonds is 7. The lowest BCUT2D eigenvalue weighted by atomic mass is 10.2. The zero-order valence-corrected chi connectivity index (χ0v) is 18.2. The predicted molar refractivity (Wildman–Crippen MR) is 114 cm³/mol. The summed E-state index contributed by atoms with van der Waals surface area (Å²) < 4.78 is 38.8. The molecule has 1 amide bonds. The number of sulfonamides is 1. The number of halogens is 1. The number of carbonyl (C=O) groups is 1. The Hall–Kier alpha value is -2.33. The fourth-order valence-electron chi connectivity index (χ4n) is 3.38. The van der Waals surface area contributed by atoms with Crippen LogP contribution >= 0.6 is 11.6 Å². The molecule has 0 spiro atoms. The number of hydrogen-bond acceptors (Lipinski definition) is 6. The molecule has 0 aromatic heterocycles. The third-order valence-electron chi connectivity index (χ3n) is 4.86. The molecule has 3 rings (SSSR count). The molecule has 0 saturated carbocycles. The Morgan fingerprint density at radius 1 is 1.23 bits per heavy atom. The van der Waals surface area contributed by atoms with Crippen molar-refractivity contribution in [2.24, 2.45) is 0 Å². The van der Waals surface area contributed by atoms with Crippen molar-refractivity contribution in [1.29, 1.82) is 0 Å². The molecule has 162 valence electrons. The third kappa shape index (κ3) is 5.63. The van der Waals surface area contributed by atoms with Gasteiger partial charge in [0.15, 0.2) is 0 Å². The van der Waals surface area contributed by atoms with Crippen LogP contribution in [0.15, 0.2) is 53.4 Å². The lowest BCUT2D eigenvalue weighted by Crippen LogP contribution is -2.39. The molecular weight excluding hydrogens is 430 g/mol. The molecule has 2 atom stereocenters. The first-order valence-electron chi connectivity index (χ1n) is 9.35. The third-order valence-corrected chi connectivity index (χ3v) is 6.64. The van der Waals surface area contributed by atoms with Crippen molar-refractivity contribution in [2.45, 2.75) is 23.4 Å². The summed E-state index contributed by atoms with van der Waals surface area (Å²) in [4.78, 5) is 14.0.